The zero-order chi connectivity index (χ0) is 34.7. The molecule has 0 fully saturated rings. The Labute approximate surface area is 277 Å². The van der Waals surface area contributed by atoms with Crippen LogP contribution in [-0.2, 0) is 4.74 Å². The van der Waals surface area contributed by atoms with E-state index in [9.17, 15) is 19.8 Å². The third-order valence-electron chi connectivity index (χ3n) is 7.53. The minimum Gasteiger partial charge on any atom is -0.478 e. The normalized spacial score (nSPS) is 10.5. The molecule has 0 aliphatic carbocycles. The molecule has 0 bridgehead atoms. The average molecular weight is 643 g/mol. The Hall–Kier alpha value is -5.16. The highest BCUT2D eigenvalue weighted by Crippen LogP contribution is 2.27. The van der Waals surface area contributed by atoms with E-state index in [1.54, 1.807) is 43.8 Å². The topological polar surface area (TPSA) is 140 Å². The second-order valence-corrected chi connectivity index (χ2v) is 11.3. The molecule has 2 heterocycles. The van der Waals surface area contributed by atoms with Gasteiger partial charge < -0.3 is 35.4 Å². The molecule has 4 N–H and O–H groups in total. The molecule has 47 heavy (non-hydrogen) atoms. The standard InChI is InChI=1S/C18H23N3O3.C18H23N3O2/c1-12-5-6-16(15(9-12)18(22)23)20-14-10-13(2)17(19-11-14)21(3)7-8-24-4;1-5-21(6-2)17-13(4)10-14(11-19-17)20-16-8-7-12(3)9-15(16)18(22)23/h5-6,9-11,20H,7-8H2,1-4H3,(H,22,23);7-11,20H,5-6H2,1-4H3,(H,22,23). The lowest BCUT2D eigenvalue weighted by Crippen LogP contribution is -2.23. The Kier molecular flexibility index (Phi) is 13.1. The number of benzene rings is 2. The van der Waals surface area contributed by atoms with Gasteiger partial charge >= 0.3 is 11.9 Å². The summed E-state index contributed by atoms with van der Waals surface area (Å²) in [6, 6.07) is 14.6. The number of carboxylic acid groups (broad SMARTS) is 2. The third-order valence-corrected chi connectivity index (χ3v) is 7.53. The Morgan fingerprint density at radius 3 is 1.57 bits per heavy atom. The maximum atomic E-state index is 11.4. The minimum absolute atomic E-state index is 0.244. The summed E-state index contributed by atoms with van der Waals surface area (Å²) in [5.41, 5.74) is 7.04. The van der Waals surface area contributed by atoms with E-state index in [2.05, 4.69) is 39.3 Å². The van der Waals surface area contributed by atoms with Crippen molar-refractivity contribution < 1.29 is 24.5 Å². The molecule has 0 saturated heterocycles. The van der Waals surface area contributed by atoms with E-state index in [1.807, 2.05) is 63.9 Å². The fourth-order valence-corrected chi connectivity index (χ4v) is 5.06. The fraction of sp³-hybridized carbons (Fsp3) is 0.333. The van der Waals surface area contributed by atoms with Crippen molar-refractivity contribution in [3.05, 3.63) is 94.3 Å². The van der Waals surface area contributed by atoms with Crippen LogP contribution in [0.2, 0.25) is 0 Å². The Balaban J connectivity index is 0.000000256. The van der Waals surface area contributed by atoms with Gasteiger partial charge in [-0.15, -0.1) is 0 Å². The van der Waals surface area contributed by atoms with Crippen molar-refractivity contribution in [1.82, 2.24) is 9.97 Å². The molecule has 0 unspecified atom stereocenters. The maximum absolute atomic E-state index is 11.4. The first-order valence-electron chi connectivity index (χ1n) is 15.5. The van der Waals surface area contributed by atoms with Gasteiger partial charge in [0.15, 0.2) is 0 Å². The summed E-state index contributed by atoms with van der Waals surface area (Å²) in [5, 5.41) is 25.0. The molecular weight excluding hydrogens is 596 g/mol. The molecule has 11 nitrogen and oxygen atoms in total. The largest absolute Gasteiger partial charge is 0.478 e. The van der Waals surface area contributed by atoms with Crippen LogP contribution in [0.1, 0.15) is 56.8 Å². The van der Waals surface area contributed by atoms with Crippen LogP contribution < -0.4 is 20.4 Å². The molecule has 0 aliphatic heterocycles. The quantitative estimate of drug-likeness (QED) is 0.118. The number of ether oxygens (including phenoxy) is 1. The number of carboxylic acids is 2. The van der Waals surface area contributed by atoms with Gasteiger partial charge in [-0.1, -0.05) is 23.3 Å². The maximum Gasteiger partial charge on any atom is 0.337 e. The number of nitrogens with one attached hydrogen (secondary N) is 2. The van der Waals surface area contributed by atoms with Gasteiger partial charge in [-0.3, -0.25) is 0 Å². The van der Waals surface area contributed by atoms with E-state index in [0.29, 0.717) is 18.0 Å². The summed E-state index contributed by atoms with van der Waals surface area (Å²) in [5.74, 6) is -0.0645. The number of hydrogen-bond acceptors (Lipinski definition) is 9. The van der Waals surface area contributed by atoms with Crippen molar-refractivity contribution >= 4 is 46.3 Å². The number of nitrogens with zero attached hydrogens (tertiary/aromatic N) is 4. The van der Waals surface area contributed by atoms with E-state index < -0.39 is 11.9 Å². The first kappa shape index (κ1) is 36.3. The Morgan fingerprint density at radius 1 is 0.745 bits per heavy atom. The third kappa shape index (κ3) is 9.91. The zero-order valence-electron chi connectivity index (χ0n) is 28.5. The van der Waals surface area contributed by atoms with Gasteiger partial charge in [0.2, 0.25) is 0 Å². The molecule has 0 atom stereocenters. The smallest absolute Gasteiger partial charge is 0.337 e. The van der Waals surface area contributed by atoms with E-state index in [0.717, 1.165) is 64.9 Å². The van der Waals surface area contributed by atoms with Gasteiger partial charge in [-0.05, 0) is 89.1 Å². The number of aryl methyl sites for hydroxylation is 4. The molecule has 0 aliphatic rings. The molecule has 2 aromatic heterocycles. The lowest BCUT2D eigenvalue weighted by molar-refractivity contribution is 0.0687. The van der Waals surface area contributed by atoms with Crippen LogP contribution in [0.3, 0.4) is 0 Å². The van der Waals surface area contributed by atoms with Crippen molar-refractivity contribution in [3.8, 4) is 0 Å². The predicted octanol–water partition coefficient (Wildman–Crippen LogP) is 7.21. The Morgan fingerprint density at radius 2 is 1.19 bits per heavy atom. The van der Waals surface area contributed by atoms with Crippen molar-refractivity contribution in [1.29, 1.82) is 0 Å². The van der Waals surface area contributed by atoms with Crippen molar-refractivity contribution in [3.63, 3.8) is 0 Å². The van der Waals surface area contributed by atoms with E-state index in [1.165, 1.54) is 0 Å². The molecule has 0 spiro atoms. The summed E-state index contributed by atoms with van der Waals surface area (Å²) < 4.78 is 5.08. The van der Waals surface area contributed by atoms with Crippen LogP contribution in [0.25, 0.3) is 0 Å². The van der Waals surface area contributed by atoms with E-state index in [-0.39, 0.29) is 11.1 Å². The van der Waals surface area contributed by atoms with E-state index >= 15 is 0 Å². The zero-order valence-corrected chi connectivity index (χ0v) is 28.5. The molecule has 4 rings (SSSR count). The lowest BCUT2D eigenvalue weighted by atomic mass is 10.1. The second-order valence-electron chi connectivity index (χ2n) is 11.3. The monoisotopic (exact) mass is 642 g/mol. The van der Waals surface area contributed by atoms with Crippen molar-refractivity contribution in [2.75, 3.05) is 60.8 Å². The first-order chi connectivity index (χ1) is 22.4. The molecular formula is C36H46N6O5. The number of aromatic carboxylic acids is 2. The summed E-state index contributed by atoms with van der Waals surface area (Å²) in [6.07, 6.45) is 3.45. The highest BCUT2D eigenvalue weighted by atomic mass is 16.5. The number of aromatic nitrogens is 2. The number of likely N-dealkylation sites (N-methyl/N-ethyl adjacent to an activating group) is 1. The van der Waals surface area contributed by atoms with Gasteiger partial charge in [-0.25, -0.2) is 19.6 Å². The molecule has 0 radical (unpaired) electrons. The van der Waals surface area contributed by atoms with Crippen molar-refractivity contribution in [2.24, 2.45) is 0 Å². The van der Waals surface area contributed by atoms with Crippen LogP contribution in [0.5, 0.6) is 0 Å². The number of methoxy groups -OCH3 is 1. The average Bonchev–Trinajstić information content (AvgIpc) is 3.03. The van der Waals surface area contributed by atoms with Gasteiger partial charge in [0.25, 0.3) is 0 Å². The minimum atomic E-state index is -0.957. The number of hydrogen-bond donors (Lipinski definition) is 4. The fourth-order valence-electron chi connectivity index (χ4n) is 5.06. The molecule has 0 amide bonds. The summed E-state index contributed by atoms with van der Waals surface area (Å²) in [6.45, 7) is 15.1. The second kappa shape index (κ2) is 17.0. The number of rotatable bonds is 13. The molecule has 0 saturated carbocycles. The molecule has 250 valence electrons. The molecule has 11 heteroatoms. The van der Waals surface area contributed by atoms with Gasteiger partial charge in [0.1, 0.15) is 11.6 Å². The number of carbonyl (C=O) groups is 2. The van der Waals surface area contributed by atoms with Crippen LogP contribution >= 0.6 is 0 Å². The summed E-state index contributed by atoms with van der Waals surface area (Å²) in [4.78, 5) is 36.0. The summed E-state index contributed by atoms with van der Waals surface area (Å²) in [7, 11) is 3.63. The van der Waals surface area contributed by atoms with Crippen LogP contribution in [-0.4, -0.2) is 72.5 Å². The molecule has 2 aromatic carbocycles. The van der Waals surface area contributed by atoms with Crippen LogP contribution in [0.15, 0.2) is 60.9 Å². The highest BCUT2D eigenvalue weighted by molar-refractivity contribution is 5.96. The lowest BCUT2D eigenvalue weighted by Gasteiger charge is -2.22. The van der Waals surface area contributed by atoms with Crippen LogP contribution in [0.4, 0.5) is 34.4 Å². The number of pyridine rings is 2. The first-order valence-corrected chi connectivity index (χ1v) is 15.5. The number of anilines is 6. The summed E-state index contributed by atoms with van der Waals surface area (Å²) >= 11 is 0. The van der Waals surface area contributed by atoms with Gasteiger partial charge in [0.05, 0.1) is 52.9 Å². The van der Waals surface area contributed by atoms with Gasteiger partial charge in [-0.2, -0.15) is 0 Å². The predicted molar refractivity (Wildman–Crippen MR) is 189 cm³/mol. The SMILES string of the molecule is CCN(CC)c1ncc(Nc2ccc(C)cc2C(=O)O)cc1C.COCCN(C)c1ncc(Nc2ccc(C)cc2C(=O)O)cc1C. The van der Waals surface area contributed by atoms with Crippen molar-refractivity contribution in [2.45, 2.75) is 41.5 Å². The van der Waals surface area contributed by atoms with E-state index in [4.69, 9.17) is 4.74 Å². The van der Waals surface area contributed by atoms with Gasteiger partial charge in [0, 0.05) is 33.8 Å². The van der Waals surface area contributed by atoms with Crippen LogP contribution in [0, 0.1) is 27.7 Å². The molecule has 4 aromatic rings. The Bertz CT molecular complexity index is 1690. The highest BCUT2D eigenvalue weighted by Gasteiger charge is 2.14.